The number of nitrogen functional groups attached to an aromatic ring is 1. The van der Waals surface area contributed by atoms with E-state index >= 15 is 0 Å². The van der Waals surface area contributed by atoms with Crippen molar-refractivity contribution in [2.24, 2.45) is 5.73 Å². The lowest BCUT2D eigenvalue weighted by Crippen LogP contribution is -2.43. The molecule has 178 valence electrons. The molecule has 5 N–H and O–H groups in total. The first-order chi connectivity index (χ1) is 16.3. The number of aliphatic hydroxyl groups excluding tert-OH is 1. The summed E-state index contributed by atoms with van der Waals surface area (Å²) >= 11 is 0.878. The highest BCUT2D eigenvalue weighted by atomic mass is 32.1. The number of ketones is 1. The predicted octanol–water partition coefficient (Wildman–Crippen LogP) is 3.40. The lowest BCUT2D eigenvalue weighted by atomic mass is 9.98. The number of thiazole rings is 1. The fourth-order valence-electron chi connectivity index (χ4n) is 4.89. The number of pyridine rings is 1. The van der Waals surface area contributed by atoms with Gasteiger partial charge in [-0.25, -0.2) is 13.8 Å². The number of aliphatic hydroxyl groups is 1. The molecule has 0 amide bonds. The molecule has 1 saturated heterocycles. The number of nitrogens with two attached hydrogens (primary N) is 2. The second-order valence-electron chi connectivity index (χ2n) is 8.83. The number of nitrogens with zero attached hydrogens (tertiary/aromatic N) is 3. The Kier molecular flexibility index (Phi) is 6.05. The number of rotatable bonds is 5. The molecular formula is C24H25F2N5O2S. The first kappa shape index (κ1) is 22.8. The van der Waals surface area contributed by atoms with Crippen LogP contribution in [0.15, 0.2) is 24.4 Å². The molecule has 1 fully saturated rings. The monoisotopic (exact) mass is 485 g/mol. The van der Waals surface area contributed by atoms with Crippen LogP contribution in [0.2, 0.25) is 0 Å². The summed E-state index contributed by atoms with van der Waals surface area (Å²) in [6.45, 7) is 1.46. The Balaban J connectivity index is 1.50. The zero-order chi connectivity index (χ0) is 24.0. The van der Waals surface area contributed by atoms with Crippen molar-refractivity contribution in [3.63, 3.8) is 0 Å². The molecule has 3 heterocycles. The van der Waals surface area contributed by atoms with E-state index < -0.39 is 17.7 Å². The lowest BCUT2D eigenvalue weighted by Gasteiger charge is -2.35. The zero-order valence-electron chi connectivity index (χ0n) is 18.4. The molecule has 0 radical (unpaired) electrons. The molecule has 5 rings (SSSR count). The predicted molar refractivity (Wildman–Crippen MR) is 127 cm³/mol. The minimum Gasteiger partial charge on any atom is -0.389 e. The van der Waals surface area contributed by atoms with Gasteiger partial charge in [-0.1, -0.05) is 17.4 Å². The fraction of sp³-hybridized carbons (Fsp3) is 0.375. The topological polar surface area (TPSA) is 118 Å². The van der Waals surface area contributed by atoms with Crippen LogP contribution in [0.25, 0.3) is 10.6 Å². The maximum Gasteiger partial charge on any atom is 0.188 e. The van der Waals surface area contributed by atoms with Gasteiger partial charge in [0.15, 0.2) is 5.78 Å². The van der Waals surface area contributed by atoms with Gasteiger partial charge >= 0.3 is 0 Å². The Morgan fingerprint density at radius 3 is 2.76 bits per heavy atom. The van der Waals surface area contributed by atoms with Crippen molar-refractivity contribution in [1.29, 1.82) is 0 Å². The number of hydrogen-bond acceptors (Lipinski definition) is 8. The van der Waals surface area contributed by atoms with Gasteiger partial charge in [0.2, 0.25) is 0 Å². The Morgan fingerprint density at radius 1 is 1.26 bits per heavy atom. The van der Waals surface area contributed by atoms with Crippen molar-refractivity contribution in [2.75, 3.05) is 23.7 Å². The Morgan fingerprint density at radius 2 is 2.03 bits per heavy atom. The van der Waals surface area contributed by atoms with E-state index in [1.807, 2.05) is 0 Å². The fourth-order valence-corrected chi connectivity index (χ4v) is 5.79. The summed E-state index contributed by atoms with van der Waals surface area (Å²) < 4.78 is 28.5. The molecule has 2 aromatic heterocycles. The average molecular weight is 486 g/mol. The van der Waals surface area contributed by atoms with E-state index in [9.17, 15) is 18.7 Å². The summed E-state index contributed by atoms with van der Waals surface area (Å²) in [7, 11) is 0. The zero-order valence-corrected chi connectivity index (χ0v) is 19.2. The minimum atomic E-state index is -0.766. The van der Waals surface area contributed by atoms with Gasteiger partial charge in [-0.2, -0.15) is 0 Å². The quantitative estimate of drug-likeness (QED) is 0.474. The van der Waals surface area contributed by atoms with E-state index in [4.69, 9.17) is 11.5 Å². The van der Waals surface area contributed by atoms with Gasteiger partial charge in [0.05, 0.1) is 17.4 Å². The summed E-state index contributed by atoms with van der Waals surface area (Å²) in [5.41, 5.74) is 15.2. The maximum atomic E-state index is 14.2. The first-order valence-corrected chi connectivity index (χ1v) is 12.1. The molecule has 2 atom stereocenters. The van der Waals surface area contributed by atoms with Gasteiger partial charge in [0.1, 0.15) is 27.3 Å². The molecule has 1 aromatic carbocycles. The van der Waals surface area contributed by atoms with Gasteiger partial charge in [-0.15, -0.1) is 0 Å². The summed E-state index contributed by atoms with van der Waals surface area (Å²) in [5.74, 6) is -1.89. The number of aromatic nitrogens is 2. The van der Waals surface area contributed by atoms with Crippen LogP contribution in [0, 0.1) is 11.6 Å². The van der Waals surface area contributed by atoms with E-state index in [1.165, 1.54) is 6.07 Å². The van der Waals surface area contributed by atoms with E-state index in [0.29, 0.717) is 30.6 Å². The third-order valence-corrected chi connectivity index (χ3v) is 7.36. The van der Waals surface area contributed by atoms with E-state index in [1.54, 1.807) is 6.20 Å². The highest BCUT2D eigenvalue weighted by Gasteiger charge is 2.31. The molecule has 0 bridgehead atoms. The van der Waals surface area contributed by atoms with Gasteiger partial charge < -0.3 is 21.5 Å². The van der Waals surface area contributed by atoms with Crippen LogP contribution in [-0.4, -0.2) is 40.0 Å². The van der Waals surface area contributed by atoms with Crippen molar-refractivity contribution in [3.05, 3.63) is 58.5 Å². The van der Waals surface area contributed by atoms with Gasteiger partial charge in [0, 0.05) is 48.6 Å². The Labute approximate surface area is 199 Å². The smallest absolute Gasteiger partial charge is 0.188 e. The SMILES string of the molecule is Nc1sc(-c2c(F)cccc2F)nc1C(=O)Cc1cnc2c(c1N1CCC[C@H](N)C1)CCC2O. The molecule has 34 heavy (non-hydrogen) atoms. The van der Waals surface area contributed by atoms with Gasteiger partial charge in [0.25, 0.3) is 0 Å². The van der Waals surface area contributed by atoms with Crippen molar-refractivity contribution in [3.8, 4) is 10.6 Å². The molecule has 1 aliphatic carbocycles. The molecule has 0 spiro atoms. The van der Waals surface area contributed by atoms with Crippen LogP contribution < -0.4 is 16.4 Å². The number of benzene rings is 1. The standard InChI is InChI=1S/C24H25F2N5O2S/c25-15-4-1-5-16(26)19(15)24-30-21(23(28)34-24)18(33)9-12-10-29-20-14(6-7-17(20)32)22(12)31-8-2-3-13(27)11-31/h1,4-5,10,13,17,32H,2-3,6-9,11,27-28H2/t13-,17?/m0/s1. The van der Waals surface area contributed by atoms with Crippen LogP contribution in [0.1, 0.15) is 52.7 Å². The number of hydrogen-bond donors (Lipinski definition) is 3. The molecule has 1 unspecified atom stereocenters. The largest absolute Gasteiger partial charge is 0.389 e. The van der Waals surface area contributed by atoms with Crippen LogP contribution in [0.5, 0.6) is 0 Å². The number of piperidine rings is 1. The second kappa shape index (κ2) is 9.01. The van der Waals surface area contributed by atoms with Gasteiger partial charge in [-0.05, 0) is 37.8 Å². The van der Waals surface area contributed by atoms with Crippen LogP contribution in [0.4, 0.5) is 19.5 Å². The Hall–Kier alpha value is -2.95. The third-order valence-electron chi connectivity index (χ3n) is 6.46. The van der Waals surface area contributed by atoms with Crippen molar-refractivity contribution >= 4 is 27.8 Å². The summed E-state index contributed by atoms with van der Waals surface area (Å²) in [4.78, 5) is 24.1. The number of fused-ring (bicyclic) bond motifs is 1. The summed E-state index contributed by atoms with van der Waals surface area (Å²) in [5, 5.41) is 10.5. The molecular weight excluding hydrogens is 460 g/mol. The van der Waals surface area contributed by atoms with E-state index in [-0.39, 0.29) is 39.5 Å². The first-order valence-electron chi connectivity index (χ1n) is 11.3. The van der Waals surface area contributed by atoms with Crippen molar-refractivity contribution in [1.82, 2.24) is 9.97 Å². The summed E-state index contributed by atoms with van der Waals surface area (Å²) in [6, 6.07) is 3.57. The third kappa shape index (κ3) is 4.06. The molecule has 3 aromatic rings. The van der Waals surface area contributed by atoms with Crippen LogP contribution in [-0.2, 0) is 12.8 Å². The second-order valence-corrected chi connectivity index (χ2v) is 9.86. The molecule has 7 nitrogen and oxygen atoms in total. The maximum absolute atomic E-state index is 14.2. The molecule has 10 heteroatoms. The molecule has 0 saturated carbocycles. The molecule has 2 aliphatic rings. The summed E-state index contributed by atoms with van der Waals surface area (Å²) in [6.07, 6.45) is 4.11. The number of carbonyl (C=O) groups excluding carboxylic acids is 1. The van der Waals surface area contributed by atoms with Crippen molar-refractivity contribution < 1.29 is 18.7 Å². The average Bonchev–Trinajstić information content (AvgIpc) is 3.36. The van der Waals surface area contributed by atoms with E-state index in [0.717, 1.165) is 54.1 Å². The van der Waals surface area contributed by atoms with Crippen LogP contribution in [0.3, 0.4) is 0 Å². The van der Waals surface area contributed by atoms with Crippen molar-refractivity contribution in [2.45, 2.75) is 44.2 Å². The lowest BCUT2D eigenvalue weighted by molar-refractivity contribution is 0.0989. The highest BCUT2D eigenvalue weighted by Crippen LogP contribution is 2.40. The van der Waals surface area contributed by atoms with Crippen LogP contribution >= 0.6 is 11.3 Å². The molecule has 1 aliphatic heterocycles. The highest BCUT2D eigenvalue weighted by molar-refractivity contribution is 7.19. The number of Topliss-reactive ketones (excluding diaryl/α,β-unsaturated/α-hetero) is 1. The minimum absolute atomic E-state index is 0.00974. The number of carbonyl (C=O) groups is 1. The Bertz CT molecular complexity index is 1240. The number of halogens is 2. The van der Waals surface area contributed by atoms with Gasteiger partial charge in [-0.3, -0.25) is 9.78 Å². The van der Waals surface area contributed by atoms with E-state index in [2.05, 4.69) is 14.9 Å². The number of anilines is 2. The normalized spacial score (nSPS) is 19.9.